The summed E-state index contributed by atoms with van der Waals surface area (Å²) in [5.74, 6) is 0.0539. The van der Waals surface area contributed by atoms with Gasteiger partial charge in [-0.15, -0.1) is 0 Å². The van der Waals surface area contributed by atoms with Crippen LogP contribution in [0.4, 0.5) is 0 Å². The summed E-state index contributed by atoms with van der Waals surface area (Å²) in [5.41, 5.74) is 2.38. The summed E-state index contributed by atoms with van der Waals surface area (Å²) in [6, 6.07) is 24.3. The average Bonchev–Trinajstić information content (AvgIpc) is 2.89. The first-order valence-corrected chi connectivity index (χ1v) is 14.0. The van der Waals surface area contributed by atoms with E-state index in [0.717, 1.165) is 44.3 Å². The Morgan fingerprint density at radius 2 is 1.67 bits per heavy atom. The molecule has 7 heteroatoms. The van der Waals surface area contributed by atoms with Crippen LogP contribution >= 0.6 is 0 Å². The molecule has 1 aliphatic heterocycles. The Hall–Kier alpha value is -3.42. The molecule has 1 N–H and O–H groups in total. The monoisotopic (exact) mass is 504 g/mol. The largest absolute Gasteiger partial charge is 0.488 e. The van der Waals surface area contributed by atoms with Gasteiger partial charge in [0.15, 0.2) is 9.84 Å². The first kappa shape index (κ1) is 25.7. The molecule has 0 aliphatic carbocycles. The molecule has 6 nitrogen and oxygen atoms in total. The number of nitrogens with one attached hydrogen (secondary N) is 1. The summed E-state index contributed by atoms with van der Waals surface area (Å²) in [6.07, 6.45) is 7.09. The van der Waals surface area contributed by atoms with Crippen LogP contribution in [0, 0.1) is 0 Å². The Morgan fingerprint density at radius 3 is 2.33 bits per heavy atom. The van der Waals surface area contributed by atoms with Gasteiger partial charge in [-0.05, 0) is 42.2 Å². The maximum atomic E-state index is 13.2. The highest BCUT2D eigenvalue weighted by Crippen LogP contribution is 2.25. The maximum Gasteiger partial charge on any atom is 0.255 e. The van der Waals surface area contributed by atoms with Crippen molar-refractivity contribution >= 4 is 21.8 Å². The lowest BCUT2D eigenvalue weighted by atomic mass is 10.0. The third kappa shape index (κ3) is 7.29. The van der Waals surface area contributed by atoms with Crippen molar-refractivity contribution in [1.29, 1.82) is 0 Å². The second-order valence-electron chi connectivity index (χ2n) is 9.07. The molecule has 0 unspecified atom stereocenters. The van der Waals surface area contributed by atoms with E-state index < -0.39 is 9.84 Å². The summed E-state index contributed by atoms with van der Waals surface area (Å²) < 4.78 is 30.2. The number of likely N-dealkylation sites (tertiary alicyclic amines) is 1. The third-order valence-corrected chi connectivity index (χ3v) is 7.37. The molecule has 3 aromatic rings. The number of carbonyl (C=O) groups excluding carboxylic acids is 1. The molecule has 1 fully saturated rings. The van der Waals surface area contributed by atoms with Crippen molar-refractivity contribution in [2.24, 2.45) is 0 Å². The Kier molecular flexibility index (Phi) is 8.57. The number of nitrogens with zero attached hydrogens (tertiary/aromatic N) is 1. The number of ether oxygens (including phenoxy) is 1. The van der Waals surface area contributed by atoms with E-state index in [1.165, 1.54) is 17.7 Å². The number of carbonyl (C=O) groups is 1. The van der Waals surface area contributed by atoms with Crippen molar-refractivity contribution in [2.45, 2.75) is 30.4 Å². The van der Waals surface area contributed by atoms with Gasteiger partial charge in [-0.3, -0.25) is 9.69 Å². The maximum absolute atomic E-state index is 13.2. The first-order valence-electron chi connectivity index (χ1n) is 12.1. The van der Waals surface area contributed by atoms with E-state index in [4.69, 9.17) is 4.74 Å². The van der Waals surface area contributed by atoms with Crippen LogP contribution in [0.1, 0.15) is 34.3 Å². The van der Waals surface area contributed by atoms with Crippen LogP contribution < -0.4 is 10.1 Å². The standard InChI is InChI=1S/C29H32N2O4S/c1-36(33,34)26-14-15-28(35-22-24-11-6-3-7-12-24)27(21-26)29(32)30-25-16-19-31(20-17-25)18-8-13-23-9-4-2-5-10-23/h2-15,21,25H,16-20,22H2,1H3,(H,30,32). The third-order valence-electron chi connectivity index (χ3n) is 6.26. The highest BCUT2D eigenvalue weighted by Gasteiger charge is 2.23. The van der Waals surface area contributed by atoms with Gasteiger partial charge in [0.2, 0.25) is 0 Å². The van der Waals surface area contributed by atoms with Gasteiger partial charge in [0.1, 0.15) is 12.4 Å². The number of sulfone groups is 1. The number of hydrogen-bond acceptors (Lipinski definition) is 5. The van der Waals surface area contributed by atoms with Gasteiger partial charge in [0.05, 0.1) is 10.5 Å². The fraction of sp³-hybridized carbons (Fsp3) is 0.276. The molecule has 0 saturated carbocycles. The van der Waals surface area contributed by atoms with Gasteiger partial charge in [-0.2, -0.15) is 0 Å². The zero-order valence-electron chi connectivity index (χ0n) is 20.5. The van der Waals surface area contributed by atoms with Gasteiger partial charge in [0.25, 0.3) is 5.91 Å². The number of rotatable bonds is 9. The second-order valence-corrected chi connectivity index (χ2v) is 11.1. The van der Waals surface area contributed by atoms with Crippen molar-refractivity contribution < 1.29 is 17.9 Å². The number of benzene rings is 3. The van der Waals surface area contributed by atoms with Crippen LogP contribution in [0.15, 0.2) is 89.8 Å². The van der Waals surface area contributed by atoms with Crippen molar-refractivity contribution in [3.63, 3.8) is 0 Å². The van der Waals surface area contributed by atoms with Crippen molar-refractivity contribution in [1.82, 2.24) is 10.2 Å². The fourth-order valence-electron chi connectivity index (χ4n) is 4.20. The minimum absolute atomic E-state index is 0.0238. The Bertz CT molecular complexity index is 1280. The molecule has 4 rings (SSSR count). The molecule has 0 aromatic heterocycles. The lowest BCUT2D eigenvalue weighted by molar-refractivity contribution is 0.0909. The van der Waals surface area contributed by atoms with Gasteiger partial charge in [-0.1, -0.05) is 72.8 Å². The molecule has 0 atom stereocenters. The Balaban J connectivity index is 1.37. The molecule has 1 heterocycles. The molecule has 1 saturated heterocycles. The van der Waals surface area contributed by atoms with Crippen molar-refractivity contribution in [3.05, 3.63) is 102 Å². The zero-order chi connectivity index (χ0) is 25.4. The van der Waals surface area contributed by atoms with E-state index in [0.29, 0.717) is 5.75 Å². The molecule has 0 bridgehead atoms. The number of piperidine rings is 1. The Morgan fingerprint density at radius 1 is 1.00 bits per heavy atom. The normalized spacial score (nSPS) is 15.1. The van der Waals surface area contributed by atoms with E-state index in [9.17, 15) is 13.2 Å². The lowest BCUT2D eigenvalue weighted by Crippen LogP contribution is -2.44. The molecule has 188 valence electrons. The molecule has 3 aromatic carbocycles. The average molecular weight is 505 g/mol. The van der Waals surface area contributed by atoms with Crippen LogP contribution in [0.2, 0.25) is 0 Å². The summed E-state index contributed by atoms with van der Waals surface area (Å²) in [7, 11) is -3.46. The first-order chi connectivity index (χ1) is 17.4. The van der Waals surface area contributed by atoms with E-state index in [2.05, 4.69) is 34.5 Å². The van der Waals surface area contributed by atoms with E-state index >= 15 is 0 Å². The van der Waals surface area contributed by atoms with Crippen molar-refractivity contribution in [3.8, 4) is 5.75 Å². The second kappa shape index (κ2) is 12.0. The topological polar surface area (TPSA) is 75.7 Å². The van der Waals surface area contributed by atoms with Crippen LogP contribution in [0.25, 0.3) is 6.08 Å². The summed E-state index contributed by atoms with van der Waals surface area (Å²) in [4.78, 5) is 15.7. The smallest absolute Gasteiger partial charge is 0.255 e. The van der Waals surface area contributed by atoms with E-state index in [-0.39, 0.29) is 29.0 Å². The SMILES string of the molecule is CS(=O)(=O)c1ccc(OCc2ccccc2)c(C(=O)NC2CCN(CC=Cc3ccccc3)CC2)c1. The van der Waals surface area contributed by atoms with Crippen LogP contribution in [-0.2, 0) is 16.4 Å². The van der Waals surface area contributed by atoms with Crippen molar-refractivity contribution in [2.75, 3.05) is 25.9 Å². The molecule has 1 amide bonds. The summed E-state index contributed by atoms with van der Waals surface area (Å²) >= 11 is 0. The highest BCUT2D eigenvalue weighted by atomic mass is 32.2. The quantitative estimate of drug-likeness (QED) is 0.462. The fourth-order valence-corrected chi connectivity index (χ4v) is 4.85. The Labute approximate surface area is 213 Å². The molecular formula is C29H32N2O4S. The number of hydrogen-bond donors (Lipinski definition) is 1. The van der Waals surface area contributed by atoms with Crippen LogP contribution in [0.3, 0.4) is 0 Å². The van der Waals surface area contributed by atoms with E-state index in [1.807, 2.05) is 48.5 Å². The molecule has 1 aliphatic rings. The summed E-state index contributed by atoms with van der Waals surface area (Å²) in [6.45, 7) is 2.91. The zero-order valence-corrected chi connectivity index (χ0v) is 21.3. The molecule has 36 heavy (non-hydrogen) atoms. The van der Waals surface area contributed by atoms with Gasteiger partial charge < -0.3 is 10.1 Å². The van der Waals surface area contributed by atoms with E-state index in [1.54, 1.807) is 6.07 Å². The minimum atomic E-state index is -3.46. The highest BCUT2D eigenvalue weighted by molar-refractivity contribution is 7.90. The molecule has 0 spiro atoms. The van der Waals surface area contributed by atoms with Crippen LogP contribution in [-0.4, -0.2) is 51.2 Å². The predicted molar refractivity (Wildman–Crippen MR) is 143 cm³/mol. The number of amides is 1. The summed E-state index contributed by atoms with van der Waals surface area (Å²) in [5, 5.41) is 3.10. The molecule has 0 radical (unpaired) electrons. The van der Waals surface area contributed by atoms with Crippen LogP contribution in [0.5, 0.6) is 5.75 Å². The van der Waals surface area contributed by atoms with Gasteiger partial charge >= 0.3 is 0 Å². The predicted octanol–water partition coefficient (Wildman–Crippen LogP) is 4.58. The lowest BCUT2D eigenvalue weighted by Gasteiger charge is -2.31. The molecular weight excluding hydrogens is 472 g/mol. The van der Waals surface area contributed by atoms with Gasteiger partial charge in [0, 0.05) is 31.9 Å². The van der Waals surface area contributed by atoms with Gasteiger partial charge in [-0.25, -0.2) is 8.42 Å². The minimum Gasteiger partial charge on any atom is -0.488 e.